The lowest BCUT2D eigenvalue weighted by atomic mass is 10.0. The third-order valence-corrected chi connectivity index (χ3v) is 5.16. The average Bonchev–Trinajstić information content (AvgIpc) is 3.28. The van der Waals surface area contributed by atoms with Gasteiger partial charge in [0.25, 0.3) is 5.97 Å². The summed E-state index contributed by atoms with van der Waals surface area (Å²) >= 11 is 0. The molecule has 0 radical (unpaired) electrons. The highest BCUT2D eigenvalue weighted by atomic mass is 19.1. The predicted molar refractivity (Wildman–Crippen MR) is 138 cm³/mol. The van der Waals surface area contributed by atoms with Gasteiger partial charge >= 0.3 is 5.69 Å². The van der Waals surface area contributed by atoms with Gasteiger partial charge in [0, 0.05) is 30.4 Å². The molecule has 4 aromatic rings. The minimum absolute atomic E-state index is 0.0304. The van der Waals surface area contributed by atoms with E-state index in [-0.39, 0.29) is 40.0 Å². The number of benzene rings is 2. The van der Waals surface area contributed by atoms with Gasteiger partial charge in [0.05, 0.1) is 19.8 Å². The van der Waals surface area contributed by atoms with Crippen LogP contribution in [-0.4, -0.2) is 50.9 Å². The highest BCUT2D eigenvalue weighted by Crippen LogP contribution is 2.35. The molecule has 14 heteroatoms. The molecule has 0 aliphatic rings. The number of methoxy groups -OCH3 is 2. The van der Waals surface area contributed by atoms with E-state index in [1.54, 1.807) is 18.2 Å². The van der Waals surface area contributed by atoms with E-state index in [9.17, 15) is 9.18 Å². The standard InChI is InChI=1S/C23H21F2N7O3.C2H4O2/c1-34-17-10-14(16(25)11-18(17)35-2)20(29-12-6-7-13(21(26)27)15(24)9-12)22-30-23(33)32(31-22)19-5-3-4-8-28-19;1-2(3)4/h3-11,20,29H,1-2H3,(H3,26,27)(H,30,31,33);1H3,(H,3,4). The van der Waals surface area contributed by atoms with Gasteiger partial charge in [-0.1, -0.05) is 6.07 Å². The Bertz CT molecular complexity index is 1540. The Morgan fingerprint density at radius 2 is 1.79 bits per heavy atom. The number of aromatic nitrogens is 4. The van der Waals surface area contributed by atoms with Gasteiger partial charge in [-0.05, 0) is 36.4 Å². The lowest BCUT2D eigenvalue weighted by Gasteiger charge is -2.20. The number of hydrogen-bond donors (Lipinski definition) is 5. The number of carbonyl (C=O) groups is 1. The Morgan fingerprint density at radius 3 is 2.36 bits per heavy atom. The lowest BCUT2D eigenvalue weighted by Crippen LogP contribution is -2.18. The average molecular weight is 542 g/mol. The van der Waals surface area contributed by atoms with Crippen LogP contribution in [0.25, 0.3) is 5.82 Å². The largest absolute Gasteiger partial charge is 0.493 e. The van der Waals surface area contributed by atoms with Crippen LogP contribution < -0.4 is 26.2 Å². The van der Waals surface area contributed by atoms with E-state index < -0.39 is 35.2 Å². The number of ether oxygens (including phenoxy) is 2. The number of amidine groups is 1. The fraction of sp³-hybridized carbons (Fsp3) is 0.160. The third kappa shape index (κ3) is 6.74. The van der Waals surface area contributed by atoms with Crippen LogP contribution in [0.1, 0.15) is 29.9 Å². The molecule has 0 saturated heterocycles. The first-order chi connectivity index (χ1) is 18.5. The number of H-pyrrole nitrogens is 1. The van der Waals surface area contributed by atoms with Crippen molar-refractivity contribution in [2.75, 3.05) is 19.5 Å². The number of nitrogens with one attached hydrogen (secondary N) is 3. The first-order valence-electron chi connectivity index (χ1n) is 11.2. The maximum Gasteiger partial charge on any atom is 0.349 e. The predicted octanol–water partition coefficient (Wildman–Crippen LogP) is 2.83. The topological polar surface area (TPSA) is 181 Å². The number of anilines is 1. The molecule has 0 amide bonds. The number of nitrogens with two attached hydrogens (primary N) is 1. The van der Waals surface area contributed by atoms with Gasteiger partial charge in [0.1, 0.15) is 23.5 Å². The maximum atomic E-state index is 15.2. The van der Waals surface area contributed by atoms with Crippen molar-refractivity contribution in [2.24, 2.45) is 5.73 Å². The van der Waals surface area contributed by atoms with Crippen LogP contribution in [0.2, 0.25) is 0 Å². The normalized spacial score (nSPS) is 11.1. The fourth-order valence-corrected chi connectivity index (χ4v) is 3.48. The zero-order valence-electron chi connectivity index (χ0n) is 21.0. The molecule has 0 fully saturated rings. The summed E-state index contributed by atoms with van der Waals surface area (Å²) < 4.78 is 41.2. The van der Waals surface area contributed by atoms with E-state index >= 15 is 4.39 Å². The Hall–Kier alpha value is -5.27. The number of aromatic amines is 1. The van der Waals surface area contributed by atoms with Crippen LogP contribution in [0.5, 0.6) is 11.5 Å². The monoisotopic (exact) mass is 541 g/mol. The molecular weight excluding hydrogens is 516 g/mol. The van der Waals surface area contributed by atoms with Crippen LogP contribution in [-0.2, 0) is 4.79 Å². The summed E-state index contributed by atoms with van der Waals surface area (Å²) in [5.74, 6) is -2.02. The molecule has 2 aromatic carbocycles. The first kappa shape index (κ1) is 28.3. The van der Waals surface area contributed by atoms with Crippen molar-refractivity contribution in [3.8, 4) is 17.3 Å². The molecule has 12 nitrogen and oxygen atoms in total. The van der Waals surface area contributed by atoms with Crippen molar-refractivity contribution in [1.29, 1.82) is 5.41 Å². The number of carboxylic acid groups (broad SMARTS) is 1. The Kier molecular flexibility index (Phi) is 8.94. The summed E-state index contributed by atoms with van der Waals surface area (Å²) in [5.41, 5.74) is 4.96. The minimum atomic E-state index is -1.09. The molecule has 1 atom stereocenters. The van der Waals surface area contributed by atoms with Crippen molar-refractivity contribution >= 4 is 17.5 Å². The molecule has 0 spiro atoms. The molecule has 2 aromatic heterocycles. The van der Waals surface area contributed by atoms with E-state index in [1.165, 1.54) is 38.6 Å². The van der Waals surface area contributed by atoms with Gasteiger partial charge in [0.2, 0.25) is 0 Å². The zero-order valence-corrected chi connectivity index (χ0v) is 21.0. The van der Waals surface area contributed by atoms with Crippen LogP contribution >= 0.6 is 0 Å². The van der Waals surface area contributed by atoms with E-state index in [4.69, 9.17) is 30.5 Å². The second kappa shape index (κ2) is 12.3. The van der Waals surface area contributed by atoms with Gasteiger partial charge < -0.3 is 25.6 Å². The van der Waals surface area contributed by atoms with Gasteiger partial charge in [-0.25, -0.2) is 18.6 Å². The summed E-state index contributed by atoms with van der Waals surface area (Å²) in [6, 6.07) is 10.3. The number of nitrogens with zero attached hydrogens (tertiary/aromatic N) is 3. The van der Waals surface area contributed by atoms with Crippen LogP contribution in [0.3, 0.4) is 0 Å². The van der Waals surface area contributed by atoms with Crippen molar-refractivity contribution in [3.05, 3.63) is 93.8 Å². The smallest absolute Gasteiger partial charge is 0.349 e. The summed E-state index contributed by atoms with van der Waals surface area (Å²) in [6.07, 6.45) is 1.50. The highest BCUT2D eigenvalue weighted by Gasteiger charge is 2.26. The maximum absolute atomic E-state index is 15.2. The molecule has 6 N–H and O–H groups in total. The second-order valence-corrected chi connectivity index (χ2v) is 7.85. The van der Waals surface area contributed by atoms with Crippen molar-refractivity contribution in [1.82, 2.24) is 19.7 Å². The molecule has 0 bridgehead atoms. The Labute approximate surface area is 220 Å². The molecule has 1 unspecified atom stereocenters. The molecule has 2 heterocycles. The quantitative estimate of drug-likeness (QED) is 0.165. The SMILES string of the molecule is CC(=O)O.COc1cc(F)c(C(Nc2ccc(C(=N)N)c(F)c2)c2nn(-c3ccccn3)c(=O)[nH]2)cc1OC. The summed E-state index contributed by atoms with van der Waals surface area (Å²) in [6.45, 7) is 1.08. The van der Waals surface area contributed by atoms with Gasteiger partial charge in [-0.15, -0.1) is 5.10 Å². The van der Waals surface area contributed by atoms with Crippen molar-refractivity contribution < 1.29 is 28.2 Å². The van der Waals surface area contributed by atoms with Gasteiger partial charge in [-0.3, -0.25) is 15.2 Å². The number of halogens is 2. The molecule has 0 saturated carbocycles. The molecule has 4 rings (SSSR count). The van der Waals surface area contributed by atoms with E-state index in [2.05, 4.69) is 20.4 Å². The van der Waals surface area contributed by atoms with E-state index in [0.717, 1.165) is 23.7 Å². The number of carboxylic acids is 1. The summed E-state index contributed by atoms with van der Waals surface area (Å²) in [7, 11) is 2.77. The number of pyridine rings is 1. The van der Waals surface area contributed by atoms with Crippen LogP contribution in [0.4, 0.5) is 14.5 Å². The highest BCUT2D eigenvalue weighted by molar-refractivity contribution is 5.95. The first-order valence-corrected chi connectivity index (χ1v) is 11.2. The molecule has 0 aliphatic heterocycles. The third-order valence-electron chi connectivity index (χ3n) is 5.16. The Morgan fingerprint density at radius 1 is 1.13 bits per heavy atom. The summed E-state index contributed by atoms with van der Waals surface area (Å²) in [5, 5.41) is 22.2. The minimum Gasteiger partial charge on any atom is -0.493 e. The molecule has 204 valence electrons. The molecule has 39 heavy (non-hydrogen) atoms. The van der Waals surface area contributed by atoms with Gasteiger partial charge in [0.15, 0.2) is 23.1 Å². The molecular formula is C25H25F2N7O5. The van der Waals surface area contributed by atoms with Crippen molar-refractivity contribution in [2.45, 2.75) is 13.0 Å². The zero-order chi connectivity index (χ0) is 28.7. The molecule has 0 aliphatic carbocycles. The van der Waals surface area contributed by atoms with Gasteiger partial charge in [-0.2, -0.15) is 4.68 Å². The second-order valence-electron chi connectivity index (χ2n) is 7.85. The lowest BCUT2D eigenvalue weighted by molar-refractivity contribution is -0.134. The fourth-order valence-electron chi connectivity index (χ4n) is 3.48. The number of hydrogen-bond acceptors (Lipinski definition) is 8. The number of aliphatic carboxylic acids is 1. The number of nitrogen functional groups attached to an aromatic ring is 1. The van der Waals surface area contributed by atoms with Crippen LogP contribution in [0.15, 0.2) is 59.5 Å². The summed E-state index contributed by atoms with van der Waals surface area (Å²) in [4.78, 5) is 28.4. The van der Waals surface area contributed by atoms with Crippen molar-refractivity contribution in [3.63, 3.8) is 0 Å². The van der Waals surface area contributed by atoms with E-state index in [0.29, 0.717) is 0 Å². The van der Waals surface area contributed by atoms with Crippen LogP contribution in [0, 0.1) is 17.0 Å². The number of rotatable bonds is 8. The Balaban J connectivity index is 0.000000983. The van der Waals surface area contributed by atoms with E-state index in [1.807, 2.05) is 0 Å².